The van der Waals surface area contributed by atoms with Crippen LogP contribution in [0.25, 0.3) is 0 Å². The van der Waals surface area contributed by atoms with Crippen molar-refractivity contribution in [1.82, 2.24) is 0 Å². The van der Waals surface area contributed by atoms with E-state index in [2.05, 4.69) is 64.7 Å². The van der Waals surface area contributed by atoms with Gasteiger partial charge < -0.3 is 16.0 Å². The average molecular weight is 322 g/mol. The Morgan fingerprint density at radius 2 is 1.92 bits per heavy atom. The van der Waals surface area contributed by atoms with Crippen LogP contribution in [0.15, 0.2) is 53.5 Å². The molecule has 3 N–H and O–H groups in total. The molecule has 0 radical (unpaired) electrons. The Balaban J connectivity index is 1.45. The minimum absolute atomic E-state index is 0.496. The second-order valence-electron chi connectivity index (χ2n) is 6.34. The highest BCUT2D eigenvalue weighted by Gasteiger charge is 2.10. The predicted octanol–water partition coefficient (Wildman–Crippen LogP) is 3.43. The Labute approximate surface area is 144 Å². The molecule has 0 atom stereocenters. The summed E-state index contributed by atoms with van der Waals surface area (Å²) in [4.78, 5) is 6.67. The van der Waals surface area contributed by atoms with Crippen LogP contribution in [0.5, 0.6) is 0 Å². The van der Waals surface area contributed by atoms with Crippen molar-refractivity contribution in [3.05, 3.63) is 59.7 Å². The third kappa shape index (κ3) is 4.28. The molecule has 0 fully saturated rings. The van der Waals surface area contributed by atoms with Gasteiger partial charge in [0.1, 0.15) is 0 Å². The average Bonchev–Trinajstić information content (AvgIpc) is 3.07. The van der Waals surface area contributed by atoms with E-state index in [1.807, 2.05) is 6.07 Å². The van der Waals surface area contributed by atoms with Crippen LogP contribution in [-0.2, 0) is 12.8 Å². The molecule has 24 heavy (non-hydrogen) atoms. The highest BCUT2D eigenvalue weighted by Crippen LogP contribution is 2.24. The molecule has 2 aromatic rings. The lowest BCUT2D eigenvalue weighted by Crippen LogP contribution is -2.24. The highest BCUT2D eigenvalue weighted by molar-refractivity contribution is 5.92. The van der Waals surface area contributed by atoms with E-state index in [9.17, 15) is 0 Å². The molecule has 1 aliphatic carbocycles. The van der Waals surface area contributed by atoms with Gasteiger partial charge in [0.05, 0.1) is 0 Å². The Bertz CT molecular complexity index is 694. The minimum atomic E-state index is 0.496. The van der Waals surface area contributed by atoms with Crippen molar-refractivity contribution < 1.29 is 0 Å². The number of benzene rings is 2. The molecule has 0 aromatic heterocycles. The molecule has 126 valence electrons. The van der Waals surface area contributed by atoms with Gasteiger partial charge in [0.25, 0.3) is 0 Å². The summed E-state index contributed by atoms with van der Waals surface area (Å²) in [5, 5.41) is 3.21. The second kappa shape index (κ2) is 7.86. The normalized spacial score (nSPS) is 13.6. The maximum atomic E-state index is 6.00. The summed E-state index contributed by atoms with van der Waals surface area (Å²) in [6.45, 7) is 1.68. The zero-order chi connectivity index (χ0) is 16.8. The summed E-state index contributed by atoms with van der Waals surface area (Å²) in [5.41, 5.74) is 11.2. The van der Waals surface area contributed by atoms with E-state index in [-0.39, 0.29) is 0 Å². The summed E-state index contributed by atoms with van der Waals surface area (Å²) >= 11 is 0. The van der Waals surface area contributed by atoms with Crippen LogP contribution < -0.4 is 16.0 Å². The smallest absolute Gasteiger partial charge is 0.193 e. The summed E-state index contributed by atoms with van der Waals surface area (Å²) in [6.07, 6.45) is 4.61. The van der Waals surface area contributed by atoms with Gasteiger partial charge in [0.2, 0.25) is 0 Å². The lowest BCUT2D eigenvalue weighted by atomic mass is 10.1. The Morgan fingerprint density at radius 1 is 1.12 bits per heavy atom. The predicted molar refractivity (Wildman–Crippen MR) is 103 cm³/mol. The van der Waals surface area contributed by atoms with E-state index >= 15 is 0 Å². The van der Waals surface area contributed by atoms with Gasteiger partial charge in [-0.3, -0.25) is 4.99 Å². The van der Waals surface area contributed by atoms with Crippen molar-refractivity contribution in [2.45, 2.75) is 25.7 Å². The first-order valence-electron chi connectivity index (χ1n) is 8.67. The third-order valence-electron chi connectivity index (χ3n) is 4.50. The first-order valence-corrected chi connectivity index (χ1v) is 8.67. The molecule has 1 aliphatic rings. The van der Waals surface area contributed by atoms with Gasteiger partial charge in [-0.15, -0.1) is 0 Å². The monoisotopic (exact) mass is 322 g/mol. The molecule has 0 unspecified atom stereocenters. The Hall–Kier alpha value is -2.49. The maximum absolute atomic E-state index is 6.00. The molecule has 2 aromatic carbocycles. The molecule has 0 saturated heterocycles. The van der Waals surface area contributed by atoms with Crippen molar-refractivity contribution in [2.24, 2.45) is 10.7 Å². The number of hydrogen-bond acceptors (Lipinski definition) is 2. The number of aliphatic imine (C=N–C) groups is 1. The summed E-state index contributed by atoms with van der Waals surface area (Å²) in [5.74, 6) is 0.496. The maximum Gasteiger partial charge on any atom is 0.193 e. The largest absolute Gasteiger partial charge is 0.375 e. The van der Waals surface area contributed by atoms with Crippen molar-refractivity contribution in [3.63, 3.8) is 0 Å². The molecule has 0 spiro atoms. The summed E-state index contributed by atoms with van der Waals surface area (Å²) in [7, 11) is 2.10. The van der Waals surface area contributed by atoms with E-state index in [1.165, 1.54) is 36.1 Å². The molecule has 0 bridgehead atoms. The summed E-state index contributed by atoms with van der Waals surface area (Å²) in [6, 6.07) is 16.9. The van der Waals surface area contributed by atoms with Crippen LogP contribution in [0, 0.1) is 0 Å². The van der Waals surface area contributed by atoms with Crippen LogP contribution in [0.2, 0.25) is 0 Å². The van der Waals surface area contributed by atoms with Gasteiger partial charge in [0.15, 0.2) is 5.96 Å². The minimum Gasteiger partial charge on any atom is -0.375 e. The molecular weight excluding hydrogens is 296 g/mol. The molecular formula is C20H26N4. The van der Waals surface area contributed by atoms with Crippen LogP contribution in [-0.4, -0.2) is 26.1 Å². The van der Waals surface area contributed by atoms with E-state index in [1.54, 1.807) is 0 Å². The SMILES string of the molecule is CN(CCCN=C(N)Nc1ccc2c(c1)CCC2)c1ccccc1. The highest BCUT2D eigenvalue weighted by atomic mass is 15.1. The number of para-hydroxylation sites is 1. The van der Waals surface area contributed by atoms with Gasteiger partial charge in [-0.05, 0) is 61.1 Å². The first kappa shape index (κ1) is 16.4. The lowest BCUT2D eigenvalue weighted by molar-refractivity contribution is 0.795. The zero-order valence-corrected chi connectivity index (χ0v) is 14.3. The lowest BCUT2D eigenvalue weighted by Gasteiger charge is -2.18. The van der Waals surface area contributed by atoms with E-state index in [0.717, 1.165) is 25.2 Å². The van der Waals surface area contributed by atoms with Gasteiger partial charge in [-0.25, -0.2) is 0 Å². The fraction of sp³-hybridized carbons (Fsp3) is 0.350. The Morgan fingerprint density at radius 3 is 2.75 bits per heavy atom. The third-order valence-corrected chi connectivity index (χ3v) is 4.50. The fourth-order valence-corrected chi connectivity index (χ4v) is 3.16. The van der Waals surface area contributed by atoms with Crippen molar-refractivity contribution in [1.29, 1.82) is 0 Å². The van der Waals surface area contributed by atoms with Crippen LogP contribution in [0.4, 0.5) is 11.4 Å². The van der Waals surface area contributed by atoms with Crippen LogP contribution in [0.3, 0.4) is 0 Å². The molecule has 3 rings (SSSR count). The van der Waals surface area contributed by atoms with E-state index in [4.69, 9.17) is 5.73 Å². The number of anilines is 2. The topological polar surface area (TPSA) is 53.6 Å². The number of rotatable bonds is 6. The fourth-order valence-electron chi connectivity index (χ4n) is 3.16. The quantitative estimate of drug-likeness (QED) is 0.487. The van der Waals surface area contributed by atoms with E-state index in [0.29, 0.717) is 5.96 Å². The van der Waals surface area contributed by atoms with E-state index < -0.39 is 0 Å². The Kier molecular flexibility index (Phi) is 5.36. The van der Waals surface area contributed by atoms with Gasteiger partial charge in [-0.1, -0.05) is 24.3 Å². The second-order valence-corrected chi connectivity index (χ2v) is 6.34. The van der Waals surface area contributed by atoms with Crippen LogP contribution in [0.1, 0.15) is 24.0 Å². The number of fused-ring (bicyclic) bond motifs is 1. The number of nitrogens with one attached hydrogen (secondary N) is 1. The molecule has 0 heterocycles. The van der Waals surface area contributed by atoms with Gasteiger partial charge in [0, 0.05) is 31.5 Å². The van der Waals surface area contributed by atoms with Crippen molar-refractivity contribution >= 4 is 17.3 Å². The number of guanidine groups is 1. The van der Waals surface area contributed by atoms with Crippen molar-refractivity contribution in [3.8, 4) is 0 Å². The number of nitrogens with two attached hydrogens (primary N) is 1. The molecule has 4 nitrogen and oxygen atoms in total. The van der Waals surface area contributed by atoms with Crippen LogP contribution >= 0.6 is 0 Å². The number of nitrogens with zero attached hydrogens (tertiary/aromatic N) is 2. The van der Waals surface area contributed by atoms with Crippen molar-refractivity contribution in [2.75, 3.05) is 30.4 Å². The standard InChI is InChI=1S/C20H26N4/c1-24(19-9-3-2-4-10-19)14-6-13-22-20(21)23-18-12-11-16-7-5-8-17(16)15-18/h2-4,9-12,15H,5-8,13-14H2,1H3,(H3,21,22,23). The zero-order valence-electron chi connectivity index (χ0n) is 14.3. The molecule has 0 aliphatic heterocycles. The number of hydrogen-bond donors (Lipinski definition) is 2. The summed E-state index contributed by atoms with van der Waals surface area (Å²) < 4.78 is 0. The molecule has 4 heteroatoms. The van der Waals surface area contributed by atoms with Gasteiger partial charge >= 0.3 is 0 Å². The molecule has 0 saturated carbocycles. The number of aryl methyl sites for hydroxylation is 2. The van der Waals surface area contributed by atoms with Gasteiger partial charge in [-0.2, -0.15) is 0 Å². The molecule has 0 amide bonds. The first-order chi connectivity index (χ1) is 11.7.